The van der Waals surface area contributed by atoms with E-state index in [1.807, 2.05) is 19.1 Å². The highest BCUT2D eigenvalue weighted by atomic mass is 79.9. The SMILES string of the molecule is Cc1ccc(Br)cc1C(O)CS(C)(=O)=O. The largest absolute Gasteiger partial charge is 0.387 e. The van der Waals surface area contributed by atoms with Gasteiger partial charge in [0.2, 0.25) is 0 Å². The molecule has 1 aromatic rings. The van der Waals surface area contributed by atoms with E-state index >= 15 is 0 Å². The summed E-state index contributed by atoms with van der Waals surface area (Å²) in [4.78, 5) is 0. The first-order valence-electron chi connectivity index (χ1n) is 4.41. The van der Waals surface area contributed by atoms with Crippen molar-refractivity contribution in [1.82, 2.24) is 0 Å². The Kier molecular flexibility index (Phi) is 3.92. The van der Waals surface area contributed by atoms with Gasteiger partial charge in [0.05, 0.1) is 11.9 Å². The number of rotatable bonds is 3. The first kappa shape index (κ1) is 12.7. The standard InChI is InChI=1S/C10H13BrO3S/c1-7-3-4-8(11)5-9(7)10(12)6-15(2,13)14/h3-5,10,12H,6H2,1-2H3. The van der Waals surface area contributed by atoms with Crippen molar-refractivity contribution < 1.29 is 13.5 Å². The molecule has 84 valence electrons. The smallest absolute Gasteiger partial charge is 0.150 e. The number of aliphatic hydroxyl groups excluding tert-OH is 1. The normalized spacial score (nSPS) is 13.9. The number of aliphatic hydroxyl groups is 1. The van der Waals surface area contributed by atoms with Gasteiger partial charge in [-0.2, -0.15) is 0 Å². The number of hydrogen-bond donors (Lipinski definition) is 1. The number of aryl methyl sites for hydroxylation is 1. The van der Waals surface area contributed by atoms with Crippen molar-refractivity contribution >= 4 is 25.8 Å². The molecule has 0 radical (unpaired) electrons. The lowest BCUT2D eigenvalue weighted by atomic mass is 10.1. The predicted molar refractivity (Wildman–Crippen MR) is 63.5 cm³/mol. The van der Waals surface area contributed by atoms with Crippen LogP contribution in [0.2, 0.25) is 0 Å². The zero-order valence-electron chi connectivity index (χ0n) is 8.57. The number of halogens is 1. The number of sulfone groups is 1. The van der Waals surface area contributed by atoms with Gasteiger partial charge in [0.25, 0.3) is 0 Å². The molecule has 0 aliphatic carbocycles. The Morgan fingerprint density at radius 3 is 2.60 bits per heavy atom. The van der Waals surface area contributed by atoms with E-state index in [0.29, 0.717) is 5.56 Å². The molecule has 5 heteroatoms. The van der Waals surface area contributed by atoms with E-state index in [2.05, 4.69) is 15.9 Å². The van der Waals surface area contributed by atoms with Gasteiger partial charge in [0.15, 0.2) is 0 Å². The molecule has 1 N–H and O–H groups in total. The van der Waals surface area contributed by atoms with E-state index in [1.54, 1.807) is 6.07 Å². The molecule has 0 spiro atoms. The van der Waals surface area contributed by atoms with E-state index in [-0.39, 0.29) is 5.75 Å². The van der Waals surface area contributed by atoms with Gasteiger partial charge in [0.1, 0.15) is 9.84 Å². The monoisotopic (exact) mass is 292 g/mol. The highest BCUT2D eigenvalue weighted by Crippen LogP contribution is 2.23. The highest BCUT2D eigenvalue weighted by molar-refractivity contribution is 9.10. The van der Waals surface area contributed by atoms with Crippen LogP contribution >= 0.6 is 15.9 Å². The summed E-state index contributed by atoms with van der Waals surface area (Å²) in [6, 6.07) is 5.43. The lowest BCUT2D eigenvalue weighted by Crippen LogP contribution is -2.13. The molecule has 0 aliphatic rings. The fourth-order valence-electron chi connectivity index (χ4n) is 1.35. The molecule has 0 saturated carbocycles. The maximum absolute atomic E-state index is 11.0. The zero-order chi connectivity index (χ0) is 11.6. The van der Waals surface area contributed by atoms with Crippen LogP contribution in [0.1, 0.15) is 17.2 Å². The maximum atomic E-state index is 11.0. The molecular formula is C10H13BrO3S. The minimum atomic E-state index is -3.17. The fraction of sp³-hybridized carbons (Fsp3) is 0.400. The molecule has 1 aromatic carbocycles. The Labute approximate surface area is 98.2 Å². The van der Waals surface area contributed by atoms with Crippen LogP contribution in [0, 0.1) is 6.92 Å². The summed E-state index contributed by atoms with van der Waals surface area (Å²) in [6.45, 7) is 1.84. The van der Waals surface area contributed by atoms with Crippen molar-refractivity contribution in [3.8, 4) is 0 Å². The van der Waals surface area contributed by atoms with Gasteiger partial charge in [0, 0.05) is 10.7 Å². The van der Waals surface area contributed by atoms with Crippen LogP contribution in [0.15, 0.2) is 22.7 Å². The third kappa shape index (κ3) is 3.93. The second-order valence-electron chi connectivity index (χ2n) is 3.61. The van der Waals surface area contributed by atoms with Crippen LogP contribution in [0.5, 0.6) is 0 Å². The van der Waals surface area contributed by atoms with Gasteiger partial charge < -0.3 is 5.11 Å². The lowest BCUT2D eigenvalue weighted by Gasteiger charge is -2.12. The minimum Gasteiger partial charge on any atom is -0.387 e. The Bertz CT molecular complexity index is 454. The summed E-state index contributed by atoms with van der Waals surface area (Å²) in [7, 11) is -3.17. The van der Waals surface area contributed by atoms with Crippen LogP contribution < -0.4 is 0 Å². The fourth-order valence-corrected chi connectivity index (χ4v) is 2.48. The average molecular weight is 293 g/mol. The topological polar surface area (TPSA) is 54.4 Å². The van der Waals surface area contributed by atoms with Crippen molar-refractivity contribution in [3.63, 3.8) is 0 Å². The van der Waals surface area contributed by atoms with E-state index in [0.717, 1.165) is 16.3 Å². The van der Waals surface area contributed by atoms with Gasteiger partial charge in [-0.15, -0.1) is 0 Å². The van der Waals surface area contributed by atoms with Crippen molar-refractivity contribution in [2.45, 2.75) is 13.0 Å². The molecule has 0 bridgehead atoms. The van der Waals surface area contributed by atoms with E-state index < -0.39 is 15.9 Å². The quantitative estimate of drug-likeness (QED) is 0.925. The highest BCUT2D eigenvalue weighted by Gasteiger charge is 2.16. The molecule has 0 fully saturated rings. The van der Waals surface area contributed by atoms with Gasteiger partial charge in [-0.05, 0) is 30.2 Å². The Morgan fingerprint density at radius 2 is 2.07 bits per heavy atom. The van der Waals surface area contributed by atoms with Crippen LogP contribution in [0.25, 0.3) is 0 Å². The number of hydrogen-bond acceptors (Lipinski definition) is 3. The Hall–Kier alpha value is -0.390. The molecular weight excluding hydrogens is 280 g/mol. The molecule has 15 heavy (non-hydrogen) atoms. The van der Waals surface area contributed by atoms with Crippen molar-refractivity contribution in [2.75, 3.05) is 12.0 Å². The lowest BCUT2D eigenvalue weighted by molar-refractivity contribution is 0.201. The van der Waals surface area contributed by atoms with Crippen molar-refractivity contribution in [3.05, 3.63) is 33.8 Å². The van der Waals surface area contributed by atoms with Crippen LogP contribution in [-0.4, -0.2) is 25.5 Å². The summed E-state index contributed by atoms with van der Waals surface area (Å²) >= 11 is 3.28. The van der Waals surface area contributed by atoms with Crippen molar-refractivity contribution in [2.24, 2.45) is 0 Å². The van der Waals surface area contributed by atoms with Gasteiger partial charge in [-0.3, -0.25) is 0 Å². The second kappa shape index (κ2) is 4.63. The Morgan fingerprint density at radius 1 is 1.47 bits per heavy atom. The first-order chi connectivity index (χ1) is 6.79. The van der Waals surface area contributed by atoms with Crippen LogP contribution in [0.4, 0.5) is 0 Å². The molecule has 0 aromatic heterocycles. The molecule has 1 atom stereocenters. The summed E-state index contributed by atoms with van der Waals surface area (Å²) in [5.74, 6) is -0.246. The minimum absolute atomic E-state index is 0.246. The molecule has 0 amide bonds. The van der Waals surface area contributed by atoms with Crippen molar-refractivity contribution in [1.29, 1.82) is 0 Å². The summed E-state index contributed by atoms with van der Waals surface area (Å²) < 4.78 is 22.9. The third-order valence-electron chi connectivity index (χ3n) is 2.06. The molecule has 0 aliphatic heterocycles. The molecule has 3 nitrogen and oxygen atoms in total. The first-order valence-corrected chi connectivity index (χ1v) is 7.27. The average Bonchev–Trinajstić information content (AvgIpc) is 2.06. The molecule has 1 unspecified atom stereocenters. The van der Waals surface area contributed by atoms with Gasteiger partial charge >= 0.3 is 0 Å². The Balaban J connectivity index is 3.00. The summed E-state index contributed by atoms with van der Waals surface area (Å²) in [6.07, 6.45) is 0.154. The molecule has 1 rings (SSSR count). The summed E-state index contributed by atoms with van der Waals surface area (Å²) in [5, 5.41) is 9.76. The van der Waals surface area contributed by atoms with E-state index in [9.17, 15) is 13.5 Å². The van der Waals surface area contributed by atoms with E-state index in [4.69, 9.17) is 0 Å². The predicted octanol–water partition coefficient (Wildman–Crippen LogP) is 1.84. The molecule has 0 saturated heterocycles. The second-order valence-corrected chi connectivity index (χ2v) is 6.71. The molecule has 0 heterocycles. The van der Waals surface area contributed by atoms with Crippen LogP contribution in [0.3, 0.4) is 0 Å². The van der Waals surface area contributed by atoms with E-state index in [1.165, 1.54) is 0 Å². The number of benzene rings is 1. The summed E-state index contributed by atoms with van der Waals surface area (Å²) in [5.41, 5.74) is 1.53. The zero-order valence-corrected chi connectivity index (χ0v) is 11.0. The van der Waals surface area contributed by atoms with Gasteiger partial charge in [-0.1, -0.05) is 22.0 Å². The van der Waals surface area contributed by atoms with Crippen LogP contribution in [-0.2, 0) is 9.84 Å². The van der Waals surface area contributed by atoms with Gasteiger partial charge in [-0.25, -0.2) is 8.42 Å². The maximum Gasteiger partial charge on any atom is 0.150 e. The third-order valence-corrected chi connectivity index (χ3v) is 3.48.